The average molecular weight is 259 g/mol. The second-order valence-corrected chi connectivity index (χ2v) is 4.80. The molecule has 1 heterocycles. The highest BCUT2D eigenvalue weighted by Crippen LogP contribution is 2.18. The molecule has 6 heteroatoms. The van der Waals surface area contributed by atoms with E-state index in [2.05, 4.69) is 0 Å². The van der Waals surface area contributed by atoms with Crippen LogP contribution in [0.1, 0.15) is 15.2 Å². The van der Waals surface area contributed by atoms with Crippen LogP contribution in [-0.4, -0.2) is 54.5 Å². The molecule has 0 saturated carbocycles. The maximum atomic E-state index is 10.9. The molecular formula is C11H17NO4S. The first-order valence-electron chi connectivity index (χ1n) is 5.19. The minimum Gasteiger partial charge on any atom is -0.477 e. The van der Waals surface area contributed by atoms with E-state index in [1.54, 1.807) is 11.4 Å². The number of carboxylic acids is 1. The maximum Gasteiger partial charge on any atom is 0.346 e. The van der Waals surface area contributed by atoms with E-state index in [0.29, 0.717) is 18.0 Å². The van der Waals surface area contributed by atoms with Crippen molar-refractivity contribution in [2.45, 2.75) is 12.6 Å². The molecule has 1 aromatic heterocycles. The Morgan fingerprint density at radius 2 is 2.35 bits per heavy atom. The summed E-state index contributed by atoms with van der Waals surface area (Å²) >= 11 is 1.22. The summed E-state index contributed by atoms with van der Waals surface area (Å²) in [5, 5.41) is 20.3. The molecule has 0 aliphatic carbocycles. The molecule has 0 fully saturated rings. The molecule has 1 aromatic rings. The van der Waals surface area contributed by atoms with Gasteiger partial charge in [-0.25, -0.2) is 4.79 Å². The van der Waals surface area contributed by atoms with Crippen molar-refractivity contribution in [2.24, 2.45) is 0 Å². The van der Waals surface area contributed by atoms with Crippen LogP contribution in [0.2, 0.25) is 0 Å². The van der Waals surface area contributed by atoms with Gasteiger partial charge in [0.15, 0.2) is 0 Å². The number of hydrogen-bond acceptors (Lipinski definition) is 5. The fourth-order valence-corrected chi connectivity index (χ4v) is 2.36. The van der Waals surface area contributed by atoms with E-state index >= 15 is 0 Å². The van der Waals surface area contributed by atoms with Gasteiger partial charge in [0.25, 0.3) is 0 Å². The van der Waals surface area contributed by atoms with Gasteiger partial charge in [0, 0.05) is 20.2 Å². The largest absolute Gasteiger partial charge is 0.477 e. The number of aliphatic hydroxyl groups excluding tert-OH is 1. The summed E-state index contributed by atoms with van der Waals surface area (Å²) in [5.41, 5.74) is 0.773. The number of carbonyl (C=O) groups is 1. The molecule has 1 unspecified atom stereocenters. The van der Waals surface area contributed by atoms with Gasteiger partial charge in [-0.3, -0.25) is 4.90 Å². The van der Waals surface area contributed by atoms with Gasteiger partial charge in [0.1, 0.15) is 4.88 Å². The van der Waals surface area contributed by atoms with E-state index in [1.165, 1.54) is 18.4 Å². The minimum absolute atomic E-state index is 0.278. The van der Waals surface area contributed by atoms with Crippen LogP contribution in [-0.2, 0) is 11.3 Å². The molecule has 0 saturated heterocycles. The van der Waals surface area contributed by atoms with Crippen LogP contribution in [0.15, 0.2) is 11.4 Å². The Morgan fingerprint density at radius 3 is 2.94 bits per heavy atom. The number of carboxylic acid groups (broad SMARTS) is 1. The molecule has 0 aromatic carbocycles. The van der Waals surface area contributed by atoms with E-state index < -0.39 is 12.1 Å². The number of rotatable bonds is 7. The van der Waals surface area contributed by atoms with Crippen LogP contribution < -0.4 is 0 Å². The number of nitrogens with zero attached hydrogens (tertiary/aromatic N) is 1. The number of thiophene rings is 1. The maximum absolute atomic E-state index is 10.9. The lowest BCUT2D eigenvalue weighted by atomic mass is 10.2. The van der Waals surface area contributed by atoms with Gasteiger partial charge >= 0.3 is 5.97 Å². The van der Waals surface area contributed by atoms with Crippen molar-refractivity contribution in [3.8, 4) is 0 Å². The van der Waals surface area contributed by atoms with Gasteiger partial charge in [-0.2, -0.15) is 0 Å². The van der Waals surface area contributed by atoms with Gasteiger partial charge in [0.2, 0.25) is 0 Å². The zero-order valence-corrected chi connectivity index (χ0v) is 10.7. The van der Waals surface area contributed by atoms with Gasteiger partial charge in [0.05, 0.1) is 12.7 Å². The molecule has 5 nitrogen and oxygen atoms in total. The molecule has 17 heavy (non-hydrogen) atoms. The smallest absolute Gasteiger partial charge is 0.346 e. The summed E-state index contributed by atoms with van der Waals surface area (Å²) in [5.74, 6) is -0.902. The topological polar surface area (TPSA) is 70.0 Å². The lowest BCUT2D eigenvalue weighted by molar-refractivity contribution is 0.0418. The van der Waals surface area contributed by atoms with E-state index in [1.807, 2.05) is 11.9 Å². The second kappa shape index (κ2) is 6.70. The lowest BCUT2D eigenvalue weighted by Crippen LogP contribution is -2.31. The molecule has 0 aliphatic rings. The Hall–Kier alpha value is -0.950. The van der Waals surface area contributed by atoms with E-state index in [9.17, 15) is 9.90 Å². The first kappa shape index (κ1) is 14.1. The van der Waals surface area contributed by atoms with Crippen molar-refractivity contribution in [2.75, 3.05) is 27.3 Å². The number of aromatic carboxylic acids is 1. The number of aliphatic hydroxyl groups is 1. The number of ether oxygens (including phenoxy) is 1. The molecule has 0 aliphatic heterocycles. The Morgan fingerprint density at radius 1 is 1.65 bits per heavy atom. The van der Waals surface area contributed by atoms with Crippen LogP contribution in [0.4, 0.5) is 0 Å². The molecule has 2 N–H and O–H groups in total. The standard InChI is InChI=1S/C11H17NO4S/c1-12(6-9(13)7-16-2)5-8-3-4-17-10(8)11(14)15/h3-4,9,13H,5-7H2,1-2H3,(H,14,15). The lowest BCUT2D eigenvalue weighted by Gasteiger charge is -2.19. The molecule has 0 bridgehead atoms. The predicted octanol–water partition coefficient (Wildman–Crippen LogP) is 0.885. The first-order chi connectivity index (χ1) is 8.04. The van der Waals surface area contributed by atoms with Crippen LogP contribution in [0.5, 0.6) is 0 Å². The van der Waals surface area contributed by atoms with Gasteiger partial charge in [-0.15, -0.1) is 11.3 Å². The van der Waals surface area contributed by atoms with E-state index in [0.717, 1.165) is 5.56 Å². The van der Waals surface area contributed by atoms with Crippen molar-refractivity contribution in [1.82, 2.24) is 4.90 Å². The number of methoxy groups -OCH3 is 1. The summed E-state index contributed by atoms with van der Waals surface area (Å²) in [7, 11) is 3.37. The van der Waals surface area contributed by atoms with Crippen LogP contribution in [0.25, 0.3) is 0 Å². The molecule has 0 radical (unpaired) electrons. The Bertz CT molecular complexity index is 366. The van der Waals surface area contributed by atoms with Crippen LogP contribution >= 0.6 is 11.3 Å². The molecular weight excluding hydrogens is 242 g/mol. The van der Waals surface area contributed by atoms with E-state index in [4.69, 9.17) is 9.84 Å². The monoisotopic (exact) mass is 259 g/mol. The van der Waals surface area contributed by atoms with Crippen LogP contribution in [0.3, 0.4) is 0 Å². The zero-order valence-electron chi connectivity index (χ0n) is 9.92. The Balaban J connectivity index is 2.53. The highest BCUT2D eigenvalue weighted by Gasteiger charge is 2.14. The molecule has 96 valence electrons. The van der Waals surface area contributed by atoms with Crippen molar-refractivity contribution < 1.29 is 19.7 Å². The Labute approximate surface area is 104 Å². The quantitative estimate of drug-likeness (QED) is 0.761. The summed E-state index contributed by atoms with van der Waals surface area (Å²) in [4.78, 5) is 13.1. The minimum atomic E-state index is -0.902. The number of hydrogen-bond donors (Lipinski definition) is 2. The number of likely N-dealkylation sites (N-methyl/N-ethyl adjacent to an activating group) is 1. The van der Waals surface area contributed by atoms with Gasteiger partial charge in [-0.05, 0) is 24.1 Å². The molecule has 0 amide bonds. The van der Waals surface area contributed by atoms with Crippen molar-refractivity contribution >= 4 is 17.3 Å². The van der Waals surface area contributed by atoms with Crippen LogP contribution in [0, 0.1) is 0 Å². The third-order valence-corrected chi connectivity index (χ3v) is 3.21. The van der Waals surface area contributed by atoms with Gasteiger partial charge in [-0.1, -0.05) is 0 Å². The Kier molecular flexibility index (Phi) is 5.57. The fraction of sp³-hybridized carbons (Fsp3) is 0.545. The van der Waals surface area contributed by atoms with E-state index in [-0.39, 0.29) is 6.61 Å². The summed E-state index contributed by atoms with van der Waals surface area (Å²) in [6.45, 7) is 1.23. The third-order valence-electron chi connectivity index (χ3n) is 2.26. The van der Waals surface area contributed by atoms with Gasteiger partial charge < -0.3 is 14.9 Å². The normalized spacial score (nSPS) is 12.9. The van der Waals surface area contributed by atoms with Crippen molar-refractivity contribution in [3.05, 3.63) is 21.9 Å². The second-order valence-electron chi connectivity index (χ2n) is 3.89. The van der Waals surface area contributed by atoms with Crippen molar-refractivity contribution in [1.29, 1.82) is 0 Å². The summed E-state index contributed by atoms with van der Waals surface area (Å²) < 4.78 is 4.83. The fourth-order valence-electron chi connectivity index (χ4n) is 1.61. The molecule has 1 rings (SSSR count). The zero-order chi connectivity index (χ0) is 12.8. The highest BCUT2D eigenvalue weighted by molar-refractivity contribution is 7.12. The van der Waals surface area contributed by atoms with Crippen molar-refractivity contribution in [3.63, 3.8) is 0 Å². The third kappa shape index (κ3) is 4.43. The highest BCUT2D eigenvalue weighted by atomic mass is 32.1. The molecule has 1 atom stereocenters. The summed E-state index contributed by atoms with van der Waals surface area (Å²) in [6.07, 6.45) is -0.558. The average Bonchev–Trinajstić information content (AvgIpc) is 2.65. The molecule has 0 spiro atoms. The first-order valence-corrected chi connectivity index (χ1v) is 6.07. The SMILES string of the molecule is COCC(O)CN(C)Cc1ccsc1C(=O)O. The summed E-state index contributed by atoms with van der Waals surface area (Å²) in [6, 6.07) is 1.80. The predicted molar refractivity (Wildman–Crippen MR) is 65.5 cm³/mol.